The highest BCUT2D eigenvalue weighted by molar-refractivity contribution is 7.09. The summed E-state index contributed by atoms with van der Waals surface area (Å²) in [5, 5.41) is 4.48. The minimum Gasteiger partial charge on any atom is -0.488 e. The van der Waals surface area contributed by atoms with Crippen molar-refractivity contribution < 1.29 is 15.0 Å². The van der Waals surface area contributed by atoms with Gasteiger partial charge in [-0.2, -0.15) is 0 Å². The Morgan fingerprint density at radius 1 is 1.09 bits per heavy atom. The molecule has 0 aliphatic rings. The van der Waals surface area contributed by atoms with E-state index in [1.807, 2.05) is 0 Å². The van der Waals surface area contributed by atoms with E-state index >= 15 is 0 Å². The Labute approximate surface area is 137 Å². The lowest BCUT2D eigenvalue weighted by atomic mass is 10.2. The molecule has 1 aromatic carbocycles. The third-order valence-electron chi connectivity index (χ3n) is 3.97. The number of ether oxygens (including phenoxy) is 1. The van der Waals surface area contributed by atoms with Gasteiger partial charge in [0.1, 0.15) is 32.0 Å². The Morgan fingerprint density at radius 2 is 1.86 bits per heavy atom. The molecule has 22 heavy (non-hydrogen) atoms. The molecule has 0 atom stereocenters. The van der Waals surface area contributed by atoms with E-state index in [1.54, 1.807) is 16.2 Å². The van der Waals surface area contributed by atoms with E-state index in [9.17, 15) is 0 Å². The van der Waals surface area contributed by atoms with E-state index in [-0.39, 0.29) is 0 Å². The van der Waals surface area contributed by atoms with E-state index in [0.29, 0.717) is 6.61 Å². The molecule has 1 heterocycles. The predicted octanol–water partition coefficient (Wildman–Crippen LogP) is 1.32. The van der Waals surface area contributed by atoms with Crippen LogP contribution < -0.4 is 15.0 Å². The first-order valence-electron chi connectivity index (χ1n) is 8.21. The summed E-state index contributed by atoms with van der Waals surface area (Å²) in [4.78, 5) is 2.94. The van der Waals surface area contributed by atoms with Gasteiger partial charge in [0.25, 0.3) is 0 Å². The first-order chi connectivity index (χ1) is 10.8. The molecular formula is C18H28N2OS+2. The smallest absolute Gasteiger partial charge is 0.127 e. The highest BCUT2D eigenvalue weighted by Gasteiger charge is 2.04. The summed E-state index contributed by atoms with van der Waals surface area (Å²) >= 11 is 1.73. The lowest BCUT2D eigenvalue weighted by Crippen LogP contribution is -3.14. The normalized spacial score (nSPS) is 11.0. The van der Waals surface area contributed by atoms with Crippen molar-refractivity contribution in [2.75, 3.05) is 26.2 Å². The van der Waals surface area contributed by atoms with Crippen molar-refractivity contribution in [2.45, 2.75) is 27.0 Å². The van der Waals surface area contributed by atoms with Crippen LogP contribution in [0.3, 0.4) is 0 Å². The molecule has 0 saturated carbocycles. The fraction of sp³-hybridized carbons (Fsp3) is 0.444. The van der Waals surface area contributed by atoms with Crippen LogP contribution in [0.5, 0.6) is 5.75 Å². The number of likely N-dealkylation sites (N-methyl/N-ethyl adjacent to an activating group) is 1. The summed E-state index contributed by atoms with van der Waals surface area (Å²) in [5.74, 6) is 0.949. The van der Waals surface area contributed by atoms with Gasteiger partial charge in [-0.1, -0.05) is 6.07 Å². The lowest BCUT2D eigenvalue weighted by molar-refractivity contribution is -0.910. The topological polar surface area (TPSA) is 30.3 Å². The van der Waals surface area contributed by atoms with Gasteiger partial charge in [-0.3, -0.25) is 0 Å². The molecule has 1 aromatic heterocycles. The number of rotatable bonds is 10. The third kappa shape index (κ3) is 5.79. The highest BCUT2D eigenvalue weighted by Crippen LogP contribution is 2.16. The quantitative estimate of drug-likeness (QED) is 0.636. The van der Waals surface area contributed by atoms with Crippen LogP contribution in [0, 0.1) is 0 Å². The van der Waals surface area contributed by atoms with Gasteiger partial charge >= 0.3 is 0 Å². The van der Waals surface area contributed by atoms with Crippen LogP contribution in [0.15, 0.2) is 41.8 Å². The Kier molecular flexibility index (Phi) is 7.43. The molecule has 3 N–H and O–H groups in total. The van der Waals surface area contributed by atoms with E-state index in [1.165, 1.54) is 36.6 Å². The number of hydrogen-bond donors (Lipinski definition) is 2. The molecule has 2 rings (SSSR count). The molecule has 0 spiro atoms. The maximum Gasteiger partial charge on any atom is 0.127 e. The zero-order chi connectivity index (χ0) is 15.6. The number of quaternary nitrogens is 2. The highest BCUT2D eigenvalue weighted by atomic mass is 32.1. The molecule has 120 valence electrons. The van der Waals surface area contributed by atoms with Crippen molar-refractivity contribution in [1.29, 1.82) is 0 Å². The largest absolute Gasteiger partial charge is 0.488 e. The Hall–Kier alpha value is -1.36. The molecule has 0 bridgehead atoms. The summed E-state index contributed by atoms with van der Waals surface area (Å²) in [6, 6.07) is 12.7. The number of hydrogen-bond acceptors (Lipinski definition) is 2. The standard InChI is InChI=1S/C18H26N2OS/c1-3-20(4-2)12-11-19-14-16-7-9-17(10-8-16)21-15-18-6-5-13-22-18/h5-10,13,19H,3-4,11-12,14-15H2,1-2H3/p+2. The first-order valence-corrected chi connectivity index (χ1v) is 9.09. The van der Waals surface area contributed by atoms with E-state index in [4.69, 9.17) is 4.74 Å². The van der Waals surface area contributed by atoms with Gasteiger partial charge < -0.3 is 15.0 Å². The predicted molar refractivity (Wildman–Crippen MR) is 92.5 cm³/mol. The number of nitrogens with one attached hydrogen (secondary N) is 1. The summed E-state index contributed by atoms with van der Waals surface area (Å²) in [7, 11) is 0. The molecule has 0 aliphatic carbocycles. The van der Waals surface area contributed by atoms with Crippen molar-refractivity contribution >= 4 is 11.3 Å². The van der Waals surface area contributed by atoms with E-state index < -0.39 is 0 Å². The lowest BCUT2D eigenvalue weighted by Gasteiger charge is -2.14. The zero-order valence-electron chi connectivity index (χ0n) is 13.7. The fourth-order valence-electron chi connectivity index (χ4n) is 2.45. The van der Waals surface area contributed by atoms with Gasteiger partial charge in [0, 0.05) is 10.4 Å². The summed E-state index contributed by atoms with van der Waals surface area (Å²) in [6.07, 6.45) is 0. The zero-order valence-corrected chi connectivity index (χ0v) is 14.5. The molecule has 0 amide bonds. The summed E-state index contributed by atoms with van der Waals surface area (Å²) in [6.45, 7) is 11.1. The van der Waals surface area contributed by atoms with Gasteiger partial charge in [0.05, 0.1) is 13.1 Å². The van der Waals surface area contributed by atoms with Gasteiger partial charge in [-0.25, -0.2) is 0 Å². The van der Waals surface area contributed by atoms with Crippen LogP contribution in [0.4, 0.5) is 0 Å². The summed E-state index contributed by atoms with van der Waals surface area (Å²) in [5.41, 5.74) is 1.36. The maximum absolute atomic E-state index is 5.79. The van der Waals surface area contributed by atoms with Crippen molar-refractivity contribution in [3.63, 3.8) is 0 Å². The van der Waals surface area contributed by atoms with Crippen molar-refractivity contribution in [3.05, 3.63) is 52.2 Å². The van der Waals surface area contributed by atoms with Gasteiger partial charge in [-0.15, -0.1) is 11.3 Å². The average Bonchev–Trinajstić information content (AvgIpc) is 3.08. The first kappa shape index (κ1) is 17.0. The molecule has 2 aromatic rings. The number of nitrogens with two attached hydrogens (primary N) is 1. The van der Waals surface area contributed by atoms with E-state index in [2.05, 4.69) is 60.9 Å². The Morgan fingerprint density at radius 3 is 2.50 bits per heavy atom. The van der Waals surface area contributed by atoms with Crippen molar-refractivity contribution in [1.82, 2.24) is 0 Å². The third-order valence-corrected chi connectivity index (χ3v) is 4.82. The molecule has 0 saturated heterocycles. The van der Waals surface area contributed by atoms with Crippen molar-refractivity contribution in [3.8, 4) is 5.75 Å². The van der Waals surface area contributed by atoms with E-state index in [0.717, 1.165) is 12.3 Å². The van der Waals surface area contributed by atoms with Crippen LogP contribution in [-0.4, -0.2) is 26.2 Å². The monoisotopic (exact) mass is 320 g/mol. The maximum atomic E-state index is 5.79. The molecular weight excluding hydrogens is 292 g/mol. The number of thiophene rings is 1. The van der Waals surface area contributed by atoms with Gasteiger partial charge in [-0.05, 0) is 49.6 Å². The second-order valence-corrected chi connectivity index (χ2v) is 6.53. The van der Waals surface area contributed by atoms with Crippen LogP contribution in [0.1, 0.15) is 24.3 Å². The molecule has 4 heteroatoms. The van der Waals surface area contributed by atoms with Crippen LogP contribution in [0.2, 0.25) is 0 Å². The molecule has 0 radical (unpaired) electrons. The molecule has 0 aliphatic heterocycles. The second-order valence-electron chi connectivity index (χ2n) is 5.50. The molecule has 0 unspecified atom stereocenters. The van der Waals surface area contributed by atoms with Crippen LogP contribution in [0.25, 0.3) is 0 Å². The minimum atomic E-state index is 0.662. The van der Waals surface area contributed by atoms with Gasteiger partial charge in [0.15, 0.2) is 0 Å². The fourth-order valence-corrected chi connectivity index (χ4v) is 3.07. The van der Waals surface area contributed by atoms with Crippen LogP contribution >= 0.6 is 11.3 Å². The SMILES string of the molecule is CC[NH+](CC)CC[NH2+]Cc1ccc(OCc2cccs2)cc1. The molecule has 0 fully saturated rings. The minimum absolute atomic E-state index is 0.662. The Balaban J connectivity index is 1.68. The Bertz CT molecular complexity index is 506. The number of benzene rings is 1. The molecule has 3 nitrogen and oxygen atoms in total. The second kappa shape index (κ2) is 9.62. The van der Waals surface area contributed by atoms with Gasteiger partial charge in [0.2, 0.25) is 0 Å². The van der Waals surface area contributed by atoms with Crippen LogP contribution in [-0.2, 0) is 13.2 Å². The summed E-state index contributed by atoms with van der Waals surface area (Å²) < 4.78 is 5.79. The average molecular weight is 321 g/mol. The van der Waals surface area contributed by atoms with Crippen molar-refractivity contribution in [2.24, 2.45) is 0 Å².